The van der Waals surface area contributed by atoms with Crippen LogP contribution in [0.25, 0.3) is 6.08 Å². The molecule has 2 unspecified atom stereocenters. The Morgan fingerprint density at radius 3 is 2.38 bits per heavy atom. The van der Waals surface area contributed by atoms with Crippen LogP contribution in [0, 0.1) is 0 Å². The quantitative estimate of drug-likeness (QED) is 0.495. The van der Waals surface area contributed by atoms with E-state index in [4.69, 9.17) is 4.74 Å². The Morgan fingerprint density at radius 2 is 1.77 bits per heavy atom. The van der Waals surface area contributed by atoms with Crippen molar-refractivity contribution in [2.45, 2.75) is 31.7 Å². The van der Waals surface area contributed by atoms with Gasteiger partial charge in [0.1, 0.15) is 23.4 Å². The van der Waals surface area contributed by atoms with Gasteiger partial charge in [0.05, 0.1) is 16.7 Å². The largest absolute Gasteiger partial charge is 0.508 e. The van der Waals surface area contributed by atoms with Crippen LogP contribution in [0.15, 0.2) is 42.5 Å². The van der Waals surface area contributed by atoms with Crippen molar-refractivity contribution in [2.24, 2.45) is 0 Å². The molecule has 0 fully saturated rings. The summed E-state index contributed by atoms with van der Waals surface area (Å²) < 4.78 is 5.53. The number of rotatable bonds is 4. The second-order valence-electron chi connectivity index (χ2n) is 6.80. The molecule has 6 nitrogen and oxygen atoms in total. The van der Waals surface area contributed by atoms with Crippen LogP contribution in [0.2, 0.25) is 0 Å². The van der Waals surface area contributed by atoms with E-state index in [9.17, 15) is 25.2 Å². The zero-order valence-corrected chi connectivity index (χ0v) is 14.4. The van der Waals surface area contributed by atoms with E-state index in [0.717, 1.165) is 0 Å². The van der Waals surface area contributed by atoms with Crippen LogP contribution >= 0.6 is 0 Å². The highest BCUT2D eigenvalue weighted by atomic mass is 16.5. The van der Waals surface area contributed by atoms with E-state index < -0.39 is 23.6 Å². The molecule has 2 atom stereocenters. The van der Waals surface area contributed by atoms with Gasteiger partial charge in [0.15, 0.2) is 11.9 Å². The normalized spacial score (nSPS) is 19.4. The molecule has 2 aromatic carbocycles. The highest BCUT2D eigenvalue weighted by Gasteiger charge is 2.44. The molecule has 4 N–H and O–H groups in total. The predicted octanol–water partition coefficient (Wildman–Crippen LogP) is 2.56. The molecular weight excluding hydrogens is 336 g/mol. The third kappa shape index (κ3) is 3.29. The minimum absolute atomic E-state index is 0.0258. The number of ketones is 1. The molecule has 2 aromatic rings. The number of aliphatic hydroxyl groups excluding tert-OH is 1. The fraction of sp³-hybridized carbons (Fsp3) is 0.250. The van der Waals surface area contributed by atoms with E-state index in [2.05, 4.69) is 0 Å². The van der Waals surface area contributed by atoms with Crippen molar-refractivity contribution in [1.29, 1.82) is 0 Å². The van der Waals surface area contributed by atoms with Crippen LogP contribution < -0.4 is 4.74 Å². The first-order valence-electron chi connectivity index (χ1n) is 8.13. The number of benzene rings is 2. The second-order valence-corrected chi connectivity index (χ2v) is 6.80. The topological polar surface area (TPSA) is 107 Å². The van der Waals surface area contributed by atoms with Gasteiger partial charge in [-0.2, -0.15) is 0 Å². The number of hydrogen-bond donors (Lipinski definition) is 4. The minimum Gasteiger partial charge on any atom is -0.508 e. The molecule has 0 aromatic heterocycles. The number of aromatic hydroxyl groups is 2. The summed E-state index contributed by atoms with van der Waals surface area (Å²) in [6.07, 6.45) is 0.657. The molecule has 1 heterocycles. The molecular formula is C20H20O6. The fourth-order valence-corrected chi connectivity index (χ4v) is 2.91. The van der Waals surface area contributed by atoms with Crippen LogP contribution in [0.1, 0.15) is 41.4 Å². The van der Waals surface area contributed by atoms with E-state index in [0.29, 0.717) is 5.56 Å². The fourth-order valence-electron chi connectivity index (χ4n) is 2.91. The SMILES string of the molecule is CC(C)(O)C1Oc2ccc(C(=O)/C=C/c3ccc(O)cc3)c(O)c2C1O. The molecule has 6 heteroatoms. The third-order valence-electron chi connectivity index (χ3n) is 4.30. The van der Waals surface area contributed by atoms with Gasteiger partial charge in [0, 0.05) is 0 Å². The van der Waals surface area contributed by atoms with E-state index in [-0.39, 0.29) is 28.4 Å². The van der Waals surface area contributed by atoms with Crippen molar-refractivity contribution in [3.8, 4) is 17.2 Å². The van der Waals surface area contributed by atoms with Crippen LogP contribution in [-0.4, -0.2) is 37.9 Å². The number of carbonyl (C=O) groups excluding carboxylic acids is 1. The van der Waals surface area contributed by atoms with Crippen molar-refractivity contribution in [2.75, 3.05) is 0 Å². The molecule has 0 aliphatic carbocycles. The second kappa shape index (κ2) is 6.48. The van der Waals surface area contributed by atoms with Crippen LogP contribution in [0.4, 0.5) is 0 Å². The van der Waals surface area contributed by atoms with E-state index in [1.165, 1.54) is 44.2 Å². The first kappa shape index (κ1) is 18.0. The van der Waals surface area contributed by atoms with Crippen molar-refractivity contribution in [1.82, 2.24) is 0 Å². The number of allylic oxidation sites excluding steroid dienone is 1. The number of ether oxygens (including phenoxy) is 1. The highest BCUT2D eigenvalue weighted by molar-refractivity contribution is 6.09. The molecule has 0 radical (unpaired) electrons. The van der Waals surface area contributed by atoms with Crippen LogP contribution in [-0.2, 0) is 0 Å². The van der Waals surface area contributed by atoms with Crippen molar-refractivity contribution < 1.29 is 30.0 Å². The summed E-state index contributed by atoms with van der Waals surface area (Å²) in [6, 6.07) is 9.20. The summed E-state index contributed by atoms with van der Waals surface area (Å²) >= 11 is 0. The smallest absolute Gasteiger partial charge is 0.189 e. The van der Waals surface area contributed by atoms with Gasteiger partial charge in [0.25, 0.3) is 0 Å². The van der Waals surface area contributed by atoms with Crippen LogP contribution in [0.5, 0.6) is 17.2 Å². The van der Waals surface area contributed by atoms with Crippen LogP contribution in [0.3, 0.4) is 0 Å². The monoisotopic (exact) mass is 356 g/mol. The maximum absolute atomic E-state index is 12.4. The summed E-state index contributed by atoms with van der Waals surface area (Å²) in [7, 11) is 0. The first-order valence-corrected chi connectivity index (χ1v) is 8.13. The molecule has 3 rings (SSSR count). The molecule has 1 aliphatic heterocycles. The van der Waals surface area contributed by atoms with Gasteiger partial charge in [-0.05, 0) is 49.8 Å². The number of phenols is 2. The first-order chi connectivity index (χ1) is 12.2. The number of aliphatic hydroxyl groups is 2. The molecule has 0 bridgehead atoms. The molecule has 0 spiro atoms. The van der Waals surface area contributed by atoms with E-state index >= 15 is 0 Å². The summed E-state index contributed by atoms with van der Waals surface area (Å²) in [5.41, 5.74) is -0.491. The summed E-state index contributed by atoms with van der Waals surface area (Å²) in [5.74, 6) is -0.444. The lowest BCUT2D eigenvalue weighted by atomic mass is 9.92. The number of phenolic OH excluding ortho intramolecular Hbond substituents is 2. The van der Waals surface area contributed by atoms with E-state index in [1.54, 1.807) is 18.2 Å². The van der Waals surface area contributed by atoms with Gasteiger partial charge in [-0.1, -0.05) is 18.2 Å². The average Bonchev–Trinajstić information content (AvgIpc) is 2.92. The Balaban J connectivity index is 1.88. The van der Waals surface area contributed by atoms with Crippen molar-refractivity contribution >= 4 is 11.9 Å². The highest BCUT2D eigenvalue weighted by Crippen LogP contribution is 2.46. The maximum atomic E-state index is 12.4. The van der Waals surface area contributed by atoms with Gasteiger partial charge >= 0.3 is 0 Å². The summed E-state index contributed by atoms with van der Waals surface area (Å²) in [5, 5.41) is 40.2. The third-order valence-corrected chi connectivity index (χ3v) is 4.30. The summed E-state index contributed by atoms with van der Waals surface area (Å²) in [6.45, 7) is 2.99. The Kier molecular flexibility index (Phi) is 4.48. The van der Waals surface area contributed by atoms with Crippen molar-refractivity contribution in [3.63, 3.8) is 0 Å². The molecule has 136 valence electrons. The number of fused-ring (bicyclic) bond motifs is 1. The molecule has 0 amide bonds. The number of carbonyl (C=O) groups is 1. The van der Waals surface area contributed by atoms with Crippen molar-refractivity contribution in [3.05, 3.63) is 59.2 Å². The molecule has 1 aliphatic rings. The zero-order valence-electron chi connectivity index (χ0n) is 14.4. The lowest BCUT2D eigenvalue weighted by molar-refractivity contribution is -0.0764. The van der Waals surface area contributed by atoms with Gasteiger partial charge in [-0.3, -0.25) is 4.79 Å². The Bertz CT molecular complexity index is 861. The maximum Gasteiger partial charge on any atom is 0.189 e. The molecule has 0 saturated carbocycles. The Hall–Kier alpha value is -2.83. The Morgan fingerprint density at radius 1 is 1.12 bits per heavy atom. The van der Waals surface area contributed by atoms with E-state index in [1.807, 2.05) is 0 Å². The molecule has 26 heavy (non-hydrogen) atoms. The van der Waals surface area contributed by atoms with Gasteiger partial charge in [-0.25, -0.2) is 0 Å². The standard InChI is InChI=1S/C20H20O6/c1-20(2,25)19-18(24)16-15(26-19)10-8-13(17(16)23)14(22)9-5-11-3-6-12(21)7-4-11/h3-10,18-19,21,23-25H,1-2H3/b9-5+. The Labute approximate surface area is 150 Å². The molecule has 0 saturated heterocycles. The number of hydrogen-bond acceptors (Lipinski definition) is 6. The zero-order chi connectivity index (χ0) is 19.1. The lowest BCUT2D eigenvalue weighted by Gasteiger charge is -2.27. The minimum atomic E-state index is -1.33. The average molecular weight is 356 g/mol. The lowest BCUT2D eigenvalue weighted by Crippen LogP contribution is -2.41. The predicted molar refractivity (Wildman–Crippen MR) is 95.3 cm³/mol. The summed E-state index contributed by atoms with van der Waals surface area (Å²) in [4.78, 5) is 12.4. The van der Waals surface area contributed by atoms with Gasteiger partial charge < -0.3 is 25.2 Å². The van der Waals surface area contributed by atoms with Gasteiger partial charge in [-0.15, -0.1) is 0 Å². The van der Waals surface area contributed by atoms with Gasteiger partial charge in [0.2, 0.25) is 0 Å².